The van der Waals surface area contributed by atoms with E-state index in [9.17, 15) is 4.79 Å². The molecule has 12 heavy (non-hydrogen) atoms. The molecule has 0 saturated heterocycles. The second kappa shape index (κ2) is 5.09. The van der Waals surface area contributed by atoms with Crippen molar-refractivity contribution >= 4 is 6.29 Å². The minimum Gasteiger partial charge on any atom is -0.329 e. The predicted octanol–water partition coefficient (Wildman–Crippen LogP) is 1.62. The summed E-state index contributed by atoms with van der Waals surface area (Å²) < 4.78 is 0.981. The molecule has 0 aliphatic heterocycles. The maximum absolute atomic E-state index is 9.96. The summed E-state index contributed by atoms with van der Waals surface area (Å²) in [7, 11) is 6.57. The van der Waals surface area contributed by atoms with Crippen LogP contribution in [0.15, 0.2) is 12.2 Å². The van der Waals surface area contributed by atoms with E-state index in [1.807, 2.05) is 6.08 Å². The highest BCUT2D eigenvalue weighted by Gasteiger charge is 2.16. The second-order valence-electron chi connectivity index (χ2n) is 4.11. The molecule has 0 aromatic carbocycles. The van der Waals surface area contributed by atoms with E-state index in [0.717, 1.165) is 23.6 Å². The lowest BCUT2D eigenvalue weighted by molar-refractivity contribution is -0.894. The molecule has 0 saturated carbocycles. The molecule has 0 radical (unpaired) electrons. The van der Waals surface area contributed by atoms with E-state index in [1.54, 1.807) is 6.08 Å². The van der Waals surface area contributed by atoms with Gasteiger partial charge < -0.3 is 4.48 Å². The SMILES string of the molecule is CC(CCC=CC=O)[N+](C)(C)C. The van der Waals surface area contributed by atoms with Gasteiger partial charge in [-0.25, -0.2) is 0 Å². The number of carbonyl (C=O) groups is 1. The Morgan fingerprint density at radius 2 is 1.92 bits per heavy atom. The molecule has 0 fully saturated rings. The Balaban J connectivity index is 3.64. The van der Waals surface area contributed by atoms with Crippen molar-refractivity contribution < 1.29 is 9.28 Å². The van der Waals surface area contributed by atoms with Crippen molar-refractivity contribution in [3.05, 3.63) is 12.2 Å². The average Bonchev–Trinajstić information content (AvgIpc) is 1.96. The van der Waals surface area contributed by atoms with Crippen molar-refractivity contribution in [2.75, 3.05) is 21.1 Å². The summed E-state index contributed by atoms with van der Waals surface area (Å²) in [6, 6.07) is 0.640. The van der Waals surface area contributed by atoms with Crippen LogP contribution in [0.2, 0.25) is 0 Å². The molecule has 0 aliphatic carbocycles. The molecule has 0 aromatic rings. The van der Waals surface area contributed by atoms with Crippen LogP contribution in [-0.2, 0) is 4.79 Å². The van der Waals surface area contributed by atoms with Gasteiger partial charge in [0.2, 0.25) is 0 Å². The first-order chi connectivity index (χ1) is 5.48. The van der Waals surface area contributed by atoms with Crippen molar-refractivity contribution in [3.8, 4) is 0 Å². The van der Waals surface area contributed by atoms with Gasteiger partial charge in [0.15, 0.2) is 0 Å². The molecule has 1 unspecified atom stereocenters. The zero-order chi connectivity index (χ0) is 9.61. The zero-order valence-electron chi connectivity index (χ0n) is 8.58. The Morgan fingerprint density at radius 1 is 1.33 bits per heavy atom. The van der Waals surface area contributed by atoms with Gasteiger partial charge in [0.05, 0.1) is 27.2 Å². The summed E-state index contributed by atoms with van der Waals surface area (Å²) in [6.07, 6.45) is 6.46. The summed E-state index contributed by atoms with van der Waals surface area (Å²) in [4.78, 5) is 9.96. The molecule has 0 aromatic heterocycles. The summed E-state index contributed by atoms with van der Waals surface area (Å²) in [5.74, 6) is 0. The number of nitrogens with zero attached hydrogens (tertiary/aromatic N) is 1. The first-order valence-electron chi connectivity index (χ1n) is 4.40. The minimum atomic E-state index is 0.640. The molecule has 70 valence electrons. The van der Waals surface area contributed by atoms with Crippen molar-refractivity contribution in [1.29, 1.82) is 0 Å². The third kappa shape index (κ3) is 5.08. The fourth-order valence-corrected chi connectivity index (χ4v) is 0.877. The van der Waals surface area contributed by atoms with E-state index >= 15 is 0 Å². The van der Waals surface area contributed by atoms with Gasteiger partial charge in [-0.3, -0.25) is 4.79 Å². The Hall–Kier alpha value is -0.630. The molecule has 0 N–H and O–H groups in total. The number of carbonyl (C=O) groups excluding carboxylic acids is 1. The van der Waals surface area contributed by atoms with Gasteiger partial charge in [-0.2, -0.15) is 0 Å². The average molecular weight is 170 g/mol. The number of hydrogen-bond acceptors (Lipinski definition) is 1. The van der Waals surface area contributed by atoms with Crippen LogP contribution in [-0.4, -0.2) is 38.0 Å². The highest BCUT2D eigenvalue weighted by Crippen LogP contribution is 2.08. The molecule has 2 heteroatoms. The monoisotopic (exact) mass is 170 g/mol. The smallest absolute Gasteiger partial charge is 0.142 e. The quantitative estimate of drug-likeness (QED) is 0.348. The molecule has 0 aliphatic rings. The van der Waals surface area contributed by atoms with Crippen LogP contribution in [0.4, 0.5) is 0 Å². The van der Waals surface area contributed by atoms with E-state index in [0.29, 0.717) is 6.04 Å². The first-order valence-corrected chi connectivity index (χ1v) is 4.40. The summed E-state index contributed by atoms with van der Waals surface area (Å²) in [5, 5.41) is 0. The summed E-state index contributed by atoms with van der Waals surface area (Å²) in [5.41, 5.74) is 0. The highest BCUT2D eigenvalue weighted by molar-refractivity contribution is 5.64. The second-order valence-corrected chi connectivity index (χ2v) is 4.11. The van der Waals surface area contributed by atoms with Crippen LogP contribution in [0, 0.1) is 0 Å². The fourth-order valence-electron chi connectivity index (χ4n) is 0.877. The van der Waals surface area contributed by atoms with Gasteiger partial charge in [0.1, 0.15) is 6.29 Å². The fraction of sp³-hybridized carbons (Fsp3) is 0.700. The third-order valence-corrected chi connectivity index (χ3v) is 2.29. The molecule has 0 rings (SSSR count). The van der Waals surface area contributed by atoms with Gasteiger partial charge in [-0.1, -0.05) is 6.08 Å². The Bertz CT molecular complexity index is 156. The van der Waals surface area contributed by atoms with E-state index in [1.165, 1.54) is 0 Å². The molecule has 0 amide bonds. The first kappa shape index (κ1) is 11.4. The van der Waals surface area contributed by atoms with Gasteiger partial charge >= 0.3 is 0 Å². The van der Waals surface area contributed by atoms with Crippen molar-refractivity contribution in [2.24, 2.45) is 0 Å². The van der Waals surface area contributed by atoms with Gasteiger partial charge in [0, 0.05) is 6.42 Å². The molecule has 2 nitrogen and oxygen atoms in total. The maximum Gasteiger partial charge on any atom is 0.142 e. The lowest BCUT2D eigenvalue weighted by atomic mass is 10.1. The largest absolute Gasteiger partial charge is 0.329 e. The number of aldehydes is 1. The van der Waals surface area contributed by atoms with Crippen LogP contribution in [0.25, 0.3) is 0 Å². The van der Waals surface area contributed by atoms with E-state index in [4.69, 9.17) is 0 Å². The van der Waals surface area contributed by atoms with Crippen molar-refractivity contribution in [3.63, 3.8) is 0 Å². The van der Waals surface area contributed by atoms with Crippen LogP contribution in [0.5, 0.6) is 0 Å². The summed E-state index contributed by atoms with van der Waals surface area (Å²) in [6.45, 7) is 2.23. The molecule has 1 atom stereocenters. The van der Waals surface area contributed by atoms with Crippen molar-refractivity contribution in [1.82, 2.24) is 0 Å². The van der Waals surface area contributed by atoms with Crippen LogP contribution in [0.3, 0.4) is 0 Å². The van der Waals surface area contributed by atoms with E-state index in [-0.39, 0.29) is 0 Å². The van der Waals surface area contributed by atoms with E-state index in [2.05, 4.69) is 28.1 Å². The number of quaternary nitrogens is 1. The summed E-state index contributed by atoms with van der Waals surface area (Å²) >= 11 is 0. The van der Waals surface area contributed by atoms with Crippen LogP contribution >= 0.6 is 0 Å². The molecule has 0 bridgehead atoms. The Kier molecular flexibility index (Phi) is 4.83. The number of allylic oxidation sites excluding steroid dienone is 2. The number of hydrogen-bond donors (Lipinski definition) is 0. The van der Waals surface area contributed by atoms with Gasteiger partial charge in [0.25, 0.3) is 0 Å². The number of rotatable bonds is 5. The van der Waals surface area contributed by atoms with Gasteiger partial charge in [-0.15, -0.1) is 0 Å². The Morgan fingerprint density at radius 3 is 2.33 bits per heavy atom. The molecule has 0 heterocycles. The molecular weight excluding hydrogens is 150 g/mol. The minimum absolute atomic E-state index is 0.640. The van der Waals surface area contributed by atoms with E-state index < -0.39 is 0 Å². The highest BCUT2D eigenvalue weighted by atomic mass is 16.1. The standard InChI is InChI=1S/C10H20NO/c1-10(11(2,3)4)8-6-5-7-9-12/h5,7,9-10H,6,8H2,1-4H3/q+1. The Labute approximate surface area is 75.5 Å². The molecule has 0 spiro atoms. The van der Waals surface area contributed by atoms with Gasteiger partial charge in [-0.05, 0) is 19.4 Å². The molecular formula is C10H20NO+. The van der Waals surface area contributed by atoms with Crippen LogP contribution in [0.1, 0.15) is 19.8 Å². The topological polar surface area (TPSA) is 17.1 Å². The normalized spacial score (nSPS) is 15.0. The maximum atomic E-state index is 9.96. The zero-order valence-corrected chi connectivity index (χ0v) is 8.58. The third-order valence-electron chi connectivity index (χ3n) is 2.29. The van der Waals surface area contributed by atoms with Crippen LogP contribution < -0.4 is 0 Å². The predicted molar refractivity (Wildman–Crippen MR) is 51.9 cm³/mol. The lowest BCUT2D eigenvalue weighted by Crippen LogP contribution is -2.42. The van der Waals surface area contributed by atoms with Crippen molar-refractivity contribution in [2.45, 2.75) is 25.8 Å². The lowest BCUT2D eigenvalue weighted by Gasteiger charge is -2.31.